The number of para-hydroxylation sites is 1. The fraction of sp³-hybridized carbons (Fsp3) is 0.0476. The molecule has 5 rings (SSSR count). The molecular weight excluding hydrogens is 310 g/mol. The fourth-order valence-corrected chi connectivity index (χ4v) is 3.41. The van der Waals surface area contributed by atoms with Gasteiger partial charge in [-0.15, -0.1) is 0 Å². The molecule has 4 heteroatoms. The van der Waals surface area contributed by atoms with Crippen LogP contribution in [0.25, 0.3) is 44.0 Å². The molecule has 3 aromatic heterocycles. The van der Waals surface area contributed by atoms with Gasteiger partial charge in [-0.25, -0.2) is 9.97 Å². The number of aromatic amines is 1. The van der Waals surface area contributed by atoms with Crippen LogP contribution in [0.15, 0.2) is 67.0 Å². The van der Waals surface area contributed by atoms with Crippen LogP contribution in [0.4, 0.5) is 0 Å². The van der Waals surface area contributed by atoms with Gasteiger partial charge in [-0.3, -0.25) is 0 Å². The molecule has 0 aliphatic rings. The molecule has 0 bridgehead atoms. The zero-order valence-corrected chi connectivity index (χ0v) is 13.7. The van der Waals surface area contributed by atoms with Crippen LogP contribution in [0.3, 0.4) is 0 Å². The number of hydrogen-bond acceptors (Lipinski definition) is 3. The molecule has 0 radical (unpaired) electrons. The summed E-state index contributed by atoms with van der Waals surface area (Å²) in [7, 11) is 1.67. The van der Waals surface area contributed by atoms with E-state index in [9.17, 15) is 0 Å². The van der Waals surface area contributed by atoms with Crippen molar-refractivity contribution in [2.75, 3.05) is 7.11 Å². The summed E-state index contributed by atoms with van der Waals surface area (Å²) in [6.45, 7) is 0. The summed E-state index contributed by atoms with van der Waals surface area (Å²) in [4.78, 5) is 12.8. The van der Waals surface area contributed by atoms with Gasteiger partial charge in [0.15, 0.2) is 0 Å². The van der Waals surface area contributed by atoms with Crippen LogP contribution < -0.4 is 4.74 Å². The second-order valence-corrected chi connectivity index (χ2v) is 5.99. The number of pyridine rings is 1. The third kappa shape index (κ3) is 2.08. The van der Waals surface area contributed by atoms with Crippen LogP contribution in [-0.4, -0.2) is 22.1 Å². The van der Waals surface area contributed by atoms with Crippen molar-refractivity contribution in [2.24, 2.45) is 0 Å². The summed E-state index contributed by atoms with van der Waals surface area (Å²) in [5.74, 6) is 0.831. The number of fused-ring (bicyclic) bond motifs is 2. The van der Waals surface area contributed by atoms with E-state index in [1.54, 1.807) is 7.11 Å². The quantitative estimate of drug-likeness (QED) is 0.500. The molecule has 0 aliphatic carbocycles. The van der Waals surface area contributed by atoms with E-state index in [1.807, 2.05) is 48.8 Å². The summed E-state index contributed by atoms with van der Waals surface area (Å²) in [5.41, 5.74) is 3.82. The topological polar surface area (TPSA) is 50.8 Å². The summed E-state index contributed by atoms with van der Waals surface area (Å²) >= 11 is 0. The number of hydrogen-bond donors (Lipinski definition) is 1. The number of H-pyrrole nitrogens is 1. The normalized spacial score (nSPS) is 11.4. The first-order chi connectivity index (χ1) is 12.3. The molecule has 0 fully saturated rings. The summed E-state index contributed by atoms with van der Waals surface area (Å²) in [5, 5.41) is 4.44. The van der Waals surface area contributed by atoms with E-state index >= 15 is 0 Å². The first-order valence-electron chi connectivity index (χ1n) is 8.14. The molecule has 0 unspecified atom stereocenters. The minimum atomic E-state index is 0.831. The van der Waals surface area contributed by atoms with Gasteiger partial charge in [0, 0.05) is 34.1 Å². The number of nitrogens with zero attached hydrogens (tertiary/aromatic N) is 2. The Morgan fingerprint density at radius 1 is 0.880 bits per heavy atom. The number of methoxy groups -OCH3 is 1. The Balaban J connectivity index is 1.98. The maximum Gasteiger partial charge on any atom is 0.138 e. The van der Waals surface area contributed by atoms with Gasteiger partial charge in [0.25, 0.3) is 0 Å². The molecule has 4 nitrogen and oxygen atoms in total. The van der Waals surface area contributed by atoms with Crippen molar-refractivity contribution in [3.8, 4) is 17.0 Å². The number of aromatic nitrogens is 3. The molecule has 120 valence electrons. The highest BCUT2D eigenvalue weighted by atomic mass is 16.5. The van der Waals surface area contributed by atoms with Gasteiger partial charge in [0.1, 0.15) is 11.4 Å². The Morgan fingerprint density at radius 2 is 1.72 bits per heavy atom. The highest BCUT2D eigenvalue weighted by Gasteiger charge is 2.13. The molecule has 25 heavy (non-hydrogen) atoms. The van der Waals surface area contributed by atoms with Gasteiger partial charge in [0.05, 0.1) is 18.3 Å². The van der Waals surface area contributed by atoms with Gasteiger partial charge >= 0.3 is 0 Å². The Labute approximate surface area is 144 Å². The lowest BCUT2D eigenvalue weighted by Crippen LogP contribution is -1.84. The second kappa shape index (κ2) is 5.31. The molecule has 2 aromatic carbocycles. The first-order valence-corrected chi connectivity index (χ1v) is 8.14. The van der Waals surface area contributed by atoms with Gasteiger partial charge in [-0.1, -0.05) is 18.2 Å². The lowest BCUT2D eigenvalue weighted by molar-refractivity contribution is 0.415. The van der Waals surface area contributed by atoms with Crippen molar-refractivity contribution >= 4 is 32.7 Å². The van der Waals surface area contributed by atoms with Gasteiger partial charge in [-0.2, -0.15) is 0 Å². The highest BCUT2D eigenvalue weighted by molar-refractivity contribution is 6.19. The Hall–Kier alpha value is -3.40. The maximum atomic E-state index is 5.28. The lowest BCUT2D eigenvalue weighted by atomic mass is 10.1. The molecule has 0 aliphatic heterocycles. The monoisotopic (exact) mass is 325 g/mol. The third-order valence-electron chi connectivity index (χ3n) is 4.61. The summed E-state index contributed by atoms with van der Waals surface area (Å²) in [6.07, 6.45) is 3.84. The molecular formula is C21H15N3O. The summed E-state index contributed by atoms with van der Waals surface area (Å²) in [6, 6.07) is 18.3. The van der Waals surface area contributed by atoms with Crippen LogP contribution in [0, 0.1) is 0 Å². The van der Waals surface area contributed by atoms with Crippen molar-refractivity contribution < 1.29 is 4.74 Å². The lowest BCUT2D eigenvalue weighted by Gasteiger charge is -2.03. The van der Waals surface area contributed by atoms with Crippen LogP contribution >= 0.6 is 0 Å². The standard InChI is InChI=1S/C21H15N3O/c1-25-14-8-6-13(7-9-14)20-17-12-23-21-19(17)16(10-11-22-21)15-4-2-3-5-18(15)24-20/h2-12H,1H3,(H,22,23). The largest absolute Gasteiger partial charge is 0.497 e. The molecule has 0 amide bonds. The van der Waals surface area contributed by atoms with Crippen LogP contribution in [0.5, 0.6) is 5.75 Å². The molecule has 0 atom stereocenters. The average molecular weight is 325 g/mol. The van der Waals surface area contributed by atoms with Crippen molar-refractivity contribution in [1.82, 2.24) is 15.0 Å². The predicted molar refractivity (Wildman–Crippen MR) is 101 cm³/mol. The minimum Gasteiger partial charge on any atom is -0.497 e. The molecule has 3 heterocycles. The Bertz CT molecular complexity index is 1220. The van der Waals surface area contributed by atoms with E-state index in [1.165, 1.54) is 0 Å². The summed E-state index contributed by atoms with van der Waals surface area (Å²) < 4.78 is 5.28. The van der Waals surface area contributed by atoms with E-state index in [2.05, 4.69) is 28.2 Å². The highest BCUT2D eigenvalue weighted by Crippen LogP contribution is 2.35. The van der Waals surface area contributed by atoms with Gasteiger partial charge in [-0.05, 0) is 41.8 Å². The zero-order chi connectivity index (χ0) is 16.8. The van der Waals surface area contributed by atoms with Gasteiger partial charge in [0.2, 0.25) is 0 Å². The Morgan fingerprint density at radius 3 is 2.56 bits per heavy atom. The second-order valence-electron chi connectivity index (χ2n) is 5.99. The van der Waals surface area contributed by atoms with E-state index in [0.717, 1.165) is 49.7 Å². The number of rotatable bonds is 2. The third-order valence-corrected chi connectivity index (χ3v) is 4.61. The van der Waals surface area contributed by atoms with Crippen LogP contribution in [-0.2, 0) is 0 Å². The number of ether oxygens (including phenoxy) is 1. The smallest absolute Gasteiger partial charge is 0.138 e. The van der Waals surface area contributed by atoms with Crippen molar-refractivity contribution in [1.29, 1.82) is 0 Å². The first kappa shape index (κ1) is 14.0. The molecule has 0 saturated carbocycles. The predicted octanol–water partition coefficient (Wildman–Crippen LogP) is 4.94. The zero-order valence-electron chi connectivity index (χ0n) is 13.7. The molecule has 0 spiro atoms. The minimum absolute atomic E-state index is 0.831. The van der Waals surface area contributed by atoms with Gasteiger partial charge < -0.3 is 9.72 Å². The number of nitrogens with one attached hydrogen (secondary N) is 1. The molecule has 0 saturated heterocycles. The van der Waals surface area contributed by atoms with Crippen molar-refractivity contribution in [2.45, 2.75) is 0 Å². The van der Waals surface area contributed by atoms with Crippen LogP contribution in [0.2, 0.25) is 0 Å². The fourth-order valence-electron chi connectivity index (χ4n) is 3.41. The van der Waals surface area contributed by atoms with E-state index in [-0.39, 0.29) is 0 Å². The molecule has 5 aromatic rings. The molecule has 1 N–H and O–H groups in total. The van der Waals surface area contributed by atoms with E-state index in [0.29, 0.717) is 0 Å². The van der Waals surface area contributed by atoms with Crippen LogP contribution in [0.1, 0.15) is 0 Å². The average Bonchev–Trinajstić information content (AvgIpc) is 3.04. The maximum absolute atomic E-state index is 5.28. The van der Waals surface area contributed by atoms with Crippen molar-refractivity contribution in [3.05, 3.63) is 67.0 Å². The van der Waals surface area contributed by atoms with Crippen molar-refractivity contribution in [3.63, 3.8) is 0 Å². The number of benzene rings is 2. The Kier molecular flexibility index (Phi) is 2.97. The van der Waals surface area contributed by atoms with E-state index in [4.69, 9.17) is 9.72 Å². The van der Waals surface area contributed by atoms with E-state index < -0.39 is 0 Å². The SMILES string of the molecule is COc1ccc(-c2nc3ccccc3c3cc[nH]c4ncc2c43)cc1.